The van der Waals surface area contributed by atoms with E-state index < -0.39 is 29.1 Å². The minimum absolute atomic E-state index is 0.115. The SMILES string of the molecule is COC1CC(OC)C2C(=O)[C@@]3(OC2C1Cl)C(O)C1CCC[NH+]([O-])C1C[C@H]3C. The molecule has 1 spiro atoms. The Morgan fingerprint density at radius 3 is 2.67 bits per heavy atom. The zero-order chi connectivity index (χ0) is 19.5. The number of ether oxygens (including phenoxy) is 3. The standard InChI is InChI=1S/C19H30ClNO6/c1-9-7-11-10(5-4-6-21(11)24)17(22)19(9)18(23)14-12(25-2)8-13(26-3)15(20)16(14)27-19/h9-17,21-22H,4-8H2,1-3H3/t9-,10?,11?,12?,13?,14?,15?,16?,17?,19+/m1/s1. The van der Waals surface area contributed by atoms with Crippen molar-refractivity contribution in [3.63, 3.8) is 0 Å². The van der Waals surface area contributed by atoms with Crippen LogP contribution in [0.4, 0.5) is 0 Å². The van der Waals surface area contributed by atoms with E-state index in [1.807, 2.05) is 6.92 Å². The second kappa shape index (κ2) is 7.20. The summed E-state index contributed by atoms with van der Waals surface area (Å²) in [4.78, 5) is 13.7. The van der Waals surface area contributed by atoms with E-state index in [1.165, 1.54) is 0 Å². The largest absolute Gasteiger partial charge is 0.634 e. The number of carbonyl (C=O) groups excluding carboxylic acids is 1. The van der Waals surface area contributed by atoms with Crippen LogP contribution in [0, 0.1) is 23.0 Å². The van der Waals surface area contributed by atoms with Crippen molar-refractivity contribution < 1.29 is 29.2 Å². The molecular formula is C19H30ClNO6. The molecule has 0 aromatic heterocycles. The molecule has 2 saturated heterocycles. The van der Waals surface area contributed by atoms with Gasteiger partial charge in [0.15, 0.2) is 11.4 Å². The Morgan fingerprint density at radius 1 is 1.30 bits per heavy atom. The van der Waals surface area contributed by atoms with Crippen LogP contribution in [-0.2, 0) is 19.0 Å². The highest BCUT2D eigenvalue weighted by Crippen LogP contribution is 2.52. The minimum atomic E-state index is -1.30. The number of hydrogen-bond donors (Lipinski definition) is 2. The number of halogens is 1. The maximum absolute atomic E-state index is 13.7. The van der Waals surface area contributed by atoms with Crippen molar-refractivity contribution in [1.29, 1.82) is 0 Å². The number of quaternary nitrogens is 1. The van der Waals surface area contributed by atoms with E-state index in [4.69, 9.17) is 25.8 Å². The topological polar surface area (TPSA) is 92.5 Å². The molecule has 0 aromatic carbocycles. The summed E-state index contributed by atoms with van der Waals surface area (Å²) in [6, 6.07) is -0.176. The van der Waals surface area contributed by atoms with Gasteiger partial charge in [-0.2, -0.15) is 0 Å². The molecule has 0 aromatic rings. The van der Waals surface area contributed by atoms with Gasteiger partial charge in [-0.3, -0.25) is 4.79 Å². The predicted molar refractivity (Wildman–Crippen MR) is 97.4 cm³/mol. The van der Waals surface area contributed by atoms with Crippen molar-refractivity contribution in [1.82, 2.24) is 0 Å². The fourth-order valence-electron chi connectivity index (χ4n) is 6.16. The highest BCUT2D eigenvalue weighted by molar-refractivity contribution is 6.22. The van der Waals surface area contributed by atoms with Crippen LogP contribution in [-0.4, -0.2) is 73.1 Å². The summed E-state index contributed by atoms with van der Waals surface area (Å²) in [5.41, 5.74) is -1.30. The molecule has 2 saturated carbocycles. The Bertz CT molecular complexity index is 593. The lowest BCUT2D eigenvalue weighted by molar-refractivity contribution is -0.889. The van der Waals surface area contributed by atoms with Crippen molar-refractivity contribution in [3.05, 3.63) is 5.21 Å². The molecule has 8 heteroatoms. The lowest BCUT2D eigenvalue weighted by Crippen LogP contribution is -3.14. The van der Waals surface area contributed by atoms with E-state index in [-0.39, 0.29) is 40.9 Å². The fraction of sp³-hybridized carbons (Fsp3) is 0.947. The molecule has 0 amide bonds. The van der Waals surface area contributed by atoms with E-state index in [0.717, 1.165) is 12.8 Å². The van der Waals surface area contributed by atoms with Gasteiger partial charge in [-0.1, -0.05) is 6.92 Å². The van der Waals surface area contributed by atoms with Gasteiger partial charge >= 0.3 is 0 Å². The Morgan fingerprint density at radius 2 is 2.00 bits per heavy atom. The maximum Gasteiger partial charge on any atom is 0.175 e. The second-order valence-electron chi connectivity index (χ2n) is 8.70. The lowest BCUT2D eigenvalue weighted by atomic mass is 9.61. The normalized spacial score (nSPS) is 55.4. The molecule has 9 unspecified atom stereocenters. The van der Waals surface area contributed by atoms with Gasteiger partial charge in [0.1, 0.15) is 0 Å². The summed E-state index contributed by atoms with van der Waals surface area (Å²) in [5.74, 6) is -1.11. The number of carbonyl (C=O) groups is 1. The van der Waals surface area contributed by atoms with Gasteiger partial charge in [-0.05, 0) is 12.8 Å². The van der Waals surface area contributed by atoms with Gasteiger partial charge in [0.25, 0.3) is 0 Å². The van der Waals surface area contributed by atoms with E-state index in [9.17, 15) is 15.1 Å². The summed E-state index contributed by atoms with van der Waals surface area (Å²) in [5, 5.41) is 23.4. The number of alkyl halides is 1. The molecule has 2 aliphatic carbocycles. The molecule has 0 bridgehead atoms. The van der Waals surface area contributed by atoms with Crippen LogP contribution in [0.25, 0.3) is 0 Å². The van der Waals surface area contributed by atoms with Gasteiger partial charge in [0.05, 0.1) is 48.3 Å². The van der Waals surface area contributed by atoms with Crippen molar-refractivity contribution in [2.75, 3.05) is 20.8 Å². The van der Waals surface area contributed by atoms with Crippen molar-refractivity contribution in [2.24, 2.45) is 17.8 Å². The van der Waals surface area contributed by atoms with Crippen molar-refractivity contribution in [2.45, 2.75) is 74.0 Å². The third-order valence-electron chi connectivity index (χ3n) is 7.59. The molecule has 27 heavy (non-hydrogen) atoms. The average Bonchev–Trinajstić information content (AvgIpc) is 2.97. The van der Waals surface area contributed by atoms with Gasteiger partial charge < -0.3 is 29.6 Å². The Balaban J connectivity index is 1.70. The number of aliphatic hydroxyl groups excluding tert-OH is 1. The van der Waals surface area contributed by atoms with Crippen molar-refractivity contribution in [3.8, 4) is 0 Å². The Kier molecular flexibility index (Phi) is 5.34. The minimum Gasteiger partial charge on any atom is -0.634 e. The monoisotopic (exact) mass is 403 g/mol. The zero-order valence-electron chi connectivity index (χ0n) is 16.1. The number of Topliss-reactive ketones (excluding diaryl/α,β-unsaturated/α-hetero) is 1. The molecule has 11 atom stereocenters. The molecule has 4 fully saturated rings. The summed E-state index contributed by atoms with van der Waals surface area (Å²) >= 11 is 6.64. The second-order valence-corrected chi connectivity index (χ2v) is 9.21. The fourth-order valence-corrected chi connectivity index (χ4v) is 6.57. The molecular weight excluding hydrogens is 374 g/mol. The van der Waals surface area contributed by atoms with E-state index in [0.29, 0.717) is 19.4 Å². The Hall–Kier alpha value is -0.280. The summed E-state index contributed by atoms with van der Waals surface area (Å²) in [6.07, 6.45) is 0.413. The molecule has 2 heterocycles. The number of aliphatic hydroxyl groups is 1. The number of rotatable bonds is 2. The number of hydrogen-bond acceptors (Lipinski definition) is 6. The molecule has 2 N–H and O–H groups in total. The third kappa shape index (κ3) is 2.74. The number of hydroxylamine groups is 2. The molecule has 4 rings (SSSR count). The number of piperidine rings is 1. The highest BCUT2D eigenvalue weighted by atomic mass is 35.5. The lowest BCUT2D eigenvalue weighted by Gasteiger charge is -2.53. The average molecular weight is 404 g/mol. The van der Waals surface area contributed by atoms with E-state index in [1.54, 1.807) is 14.2 Å². The first-order valence-corrected chi connectivity index (χ1v) is 10.4. The van der Waals surface area contributed by atoms with Gasteiger partial charge in [-0.25, -0.2) is 0 Å². The quantitative estimate of drug-likeness (QED) is 0.494. The summed E-state index contributed by atoms with van der Waals surface area (Å²) in [7, 11) is 3.17. The first-order chi connectivity index (χ1) is 12.9. The van der Waals surface area contributed by atoms with Gasteiger partial charge in [0, 0.05) is 38.9 Å². The van der Waals surface area contributed by atoms with Crippen LogP contribution in [0.5, 0.6) is 0 Å². The number of nitrogens with one attached hydrogen (secondary N) is 1. The van der Waals surface area contributed by atoms with Gasteiger partial charge in [0.2, 0.25) is 0 Å². The van der Waals surface area contributed by atoms with E-state index >= 15 is 0 Å². The van der Waals surface area contributed by atoms with Crippen LogP contribution >= 0.6 is 11.6 Å². The molecule has 0 radical (unpaired) electrons. The molecule has 7 nitrogen and oxygen atoms in total. The summed E-state index contributed by atoms with van der Waals surface area (Å²) in [6.45, 7) is 2.48. The first-order valence-electron chi connectivity index (χ1n) is 9.99. The number of methoxy groups -OCH3 is 2. The van der Waals surface area contributed by atoms with Crippen LogP contribution in [0.3, 0.4) is 0 Å². The van der Waals surface area contributed by atoms with Crippen LogP contribution < -0.4 is 5.06 Å². The summed E-state index contributed by atoms with van der Waals surface area (Å²) < 4.78 is 17.5. The third-order valence-corrected chi connectivity index (χ3v) is 8.12. The maximum atomic E-state index is 13.7. The number of fused-ring (bicyclic) bond motifs is 2. The number of ketones is 1. The first kappa shape index (κ1) is 20.0. The van der Waals surface area contributed by atoms with Crippen LogP contribution in [0.15, 0.2) is 0 Å². The van der Waals surface area contributed by atoms with Crippen molar-refractivity contribution >= 4 is 17.4 Å². The smallest absolute Gasteiger partial charge is 0.175 e. The van der Waals surface area contributed by atoms with Crippen LogP contribution in [0.1, 0.15) is 32.6 Å². The Labute approximate surface area is 164 Å². The van der Waals surface area contributed by atoms with Gasteiger partial charge in [-0.15, -0.1) is 11.6 Å². The zero-order valence-corrected chi connectivity index (χ0v) is 16.9. The molecule has 154 valence electrons. The predicted octanol–water partition coefficient (Wildman–Crippen LogP) is -0.0876. The molecule has 2 aliphatic heterocycles. The highest BCUT2D eigenvalue weighted by Gasteiger charge is 2.69. The van der Waals surface area contributed by atoms with E-state index in [2.05, 4.69) is 0 Å². The molecule has 4 aliphatic rings. The van der Waals surface area contributed by atoms with Crippen LogP contribution in [0.2, 0.25) is 0 Å².